The Kier molecular flexibility index (Phi) is 7.53. The van der Waals surface area contributed by atoms with Crippen LogP contribution < -0.4 is 14.8 Å². The minimum absolute atomic E-state index is 0.0464. The standard InChI is InChI=1S/C24H23ClN4O3/c1-16-20(23(25)29(28-16)19-7-5-4-6-8-19)14-18(15-26)24(30)27-12-11-17-9-10-21(31-2)22(13-17)32-3/h4-10,13-14H,11-12H2,1-3H3,(H,27,30). The number of halogens is 1. The lowest BCUT2D eigenvalue weighted by Gasteiger charge is -2.10. The fourth-order valence-corrected chi connectivity index (χ4v) is 3.49. The molecule has 1 N–H and O–H groups in total. The van der Waals surface area contributed by atoms with Crippen molar-refractivity contribution in [2.45, 2.75) is 13.3 Å². The van der Waals surface area contributed by atoms with Crippen LogP contribution in [0.4, 0.5) is 0 Å². The molecule has 1 heterocycles. The van der Waals surface area contributed by atoms with Crippen LogP contribution in [0.3, 0.4) is 0 Å². The van der Waals surface area contributed by atoms with Gasteiger partial charge in [-0.1, -0.05) is 35.9 Å². The zero-order valence-corrected chi connectivity index (χ0v) is 18.8. The maximum atomic E-state index is 12.6. The zero-order valence-electron chi connectivity index (χ0n) is 18.1. The Morgan fingerprint density at radius 1 is 1.19 bits per heavy atom. The lowest BCUT2D eigenvalue weighted by Crippen LogP contribution is -2.26. The Labute approximate surface area is 191 Å². The fourth-order valence-electron chi connectivity index (χ4n) is 3.16. The molecule has 2 aromatic carbocycles. The van der Waals surface area contributed by atoms with E-state index < -0.39 is 5.91 Å². The molecule has 3 rings (SSSR count). The average Bonchev–Trinajstić information content (AvgIpc) is 3.10. The van der Waals surface area contributed by atoms with Crippen LogP contribution in [-0.4, -0.2) is 36.5 Å². The monoisotopic (exact) mass is 450 g/mol. The Morgan fingerprint density at radius 2 is 1.91 bits per heavy atom. The molecule has 0 fully saturated rings. The van der Waals surface area contributed by atoms with Crippen LogP contribution in [0.1, 0.15) is 16.8 Å². The molecular weight excluding hydrogens is 428 g/mol. The molecule has 1 amide bonds. The number of carbonyl (C=O) groups is 1. The summed E-state index contributed by atoms with van der Waals surface area (Å²) < 4.78 is 12.1. The first-order valence-corrected chi connectivity index (χ1v) is 10.3. The van der Waals surface area contributed by atoms with Gasteiger partial charge in [-0.2, -0.15) is 10.4 Å². The number of hydrogen-bond donors (Lipinski definition) is 1. The van der Waals surface area contributed by atoms with Crippen molar-refractivity contribution in [2.24, 2.45) is 0 Å². The molecule has 8 heteroatoms. The van der Waals surface area contributed by atoms with Crippen LogP contribution in [0.2, 0.25) is 5.15 Å². The van der Waals surface area contributed by atoms with Crippen LogP contribution in [0.25, 0.3) is 11.8 Å². The van der Waals surface area contributed by atoms with Gasteiger partial charge in [0.25, 0.3) is 5.91 Å². The third-order valence-corrected chi connectivity index (χ3v) is 5.21. The van der Waals surface area contributed by atoms with E-state index in [-0.39, 0.29) is 5.57 Å². The highest BCUT2D eigenvalue weighted by atomic mass is 35.5. The van der Waals surface area contributed by atoms with Crippen molar-refractivity contribution in [3.05, 3.63) is 76.1 Å². The number of aromatic nitrogens is 2. The molecule has 0 atom stereocenters. The fraction of sp³-hybridized carbons (Fsp3) is 0.208. The van der Waals surface area contributed by atoms with Crippen molar-refractivity contribution in [3.63, 3.8) is 0 Å². The Morgan fingerprint density at radius 3 is 2.56 bits per heavy atom. The predicted octanol–water partition coefficient (Wildman–Crippen LogP) is 4.12. The van der Waals surface area contributed by atoms with Gasteiger partial charge in [0.1, 0.15) is 16.8 Å². The first-order chi connectivity index (χ1) is 15.5. The SMILES string of the molecule is COc1ccc(CCNC(=O)C(C#N)=Cc2c(C)nn(-c3ccccc3)c2Cl)cc1OC. The van der Waals surface area contributed by atoms with Crippen LogP contribution in [0.15, 0.2) is 54.1 Å². The van der Waals surface area contributed by atoms with Gasteiger partial charge in [0.15, 0.2) is 11.5 Å². The van der Waals surface area contributed by atoms with E-state index in [0.29, 0.717) is 40.9 Å². The molecule has 0 bridgehead atoms. The number of benzene rings is 2. The number of rotatable bonds is 8. The van der Waals surface area contributed by atoms with Gasteiger partial charge in [-0.25, -0.2) is 4.68 Å². The second kappa shape index (κ2) is 10.5. The van der Waals surface area contributed by atoms with Crippen molar-refractivity contribution >= 4 is 23.6 Å². The van der Waals surface area contributed by atoms with Gasteiger partial charge in [-0.15, -0.1) is 0 Å². The lowest BCUT2D eigenvalue weighted by molar-refractivity contribution is -0.117. The van der Waals surface area contributed by atoms with Gasteiger partial charge in [-0.05, 0) is 49.2 Å². The second-order valence-corrected chi connectivity index (χ2v) is 7.26. The van der Waals surface area contributed by atoms with Crippen LogP contribution >= 0.6 is 11.6 Å². The van der Waals surface area contributed by atoms with E-state index in [9.17, 15) is 10.1 Å². The zero-order chi connectivity index (χ0) is 23.1. The number of amides is 1. The molecule has 7 nitrogen and oxygen atoms in total. The van der Waals surface area contributed by atoms with Crippen molar-refractivity contribution < 1.29 is 14.3 Å². The molecule has 0 aliphatic rings. The third-order valence-electron chi connectivity index (χ3n) is 4.85. The number of hydrogen-bond acceptors (Lipinski definition) is 5. The Hall–Kier alpha value is -3.76. The van der Waals surface area contributed by atoms with Gasteiger partial charge < -0.3 is 14.8 Å². The first kappa shape index (κ1) is 22.9. The van der Waals surface area contributed by atoms with Crippen LogP contribution in [0, 0.1) is 18.3 Å². The maximum absolute atomic E-state index is 12.6. The quantitative estimate of drug-likeness (QED) is 0.412. The summed E-state index contributed by atoms with van der Waals surface area (Å²) in [6.45, 7) is 2.13. The largest absolute Gasteiger partial charge is 0.493 e. The molecule has 0 saturated carbocycles. The number of nitrogens with one attached hydrogen (secondary N) is 1. The van der Waals surface area contributed by atoms with Gasteiger partial charge in [0.2, 0.25) is 0 Å². The highest BCUT2D eigenvalue weighted by Crippen LogP contribution is 2.28. The maximum Gasteiger partial charge on any atom is 0.261 e. The summed E-state index contributed by atoms with van der Waals surface area (Å²) in [5.41, 5.74) is 2.85. The summed E-state index contributed by atoms with van der Waals surface area (Å²) in [5, 5.41) is 17.1. The molecule has 32 heavy (non-hydrogen) atoms. The smallest absolute Gasteiger partial charge is 0.261 e. The minimum atomic E-state index is -0.476. The summed E-state index contributed by atoms with van der Waals surface area (Å²) in [7, 11) is 3.14. The number of para-hydroxylation sites is 1. The van der Waals surface area contributed by atoms with Gasteiger partial charge in [0.05, 0.1) is 25.6 Å². The Bertz CT molecular complexity index is 1180. The third kappa shape index (κ3) is 5.10. The van der Waals surface area contributed by atoms with E-state index in [2.05, 4.69) is 10.4 Å². The molecule has 3 aromatic rings. The molecule has 1 aromatic heterocycles. The molecule has 0 saturated heterocycles. The normalized spacial score (nSPS) is 11.0. The molecule has 0 radical (unpaired) electrons. The molecule has 0 aliphatic heterocycles. The van der Waals surface area contributed by atoms with Crippen molar-refractivity contribution in [2.75, 3.05) is 20.8 Å². The van der Waals surface area contributed by atoms with E-state index in [1.165, 1.54) is 6.08 Å². The highest BCUT2D eigenvalue weighted by molar-refractivity contribution is 6.31. The molecule has 0 aliphatic carbocycles. The van der Waals surface area contributed by atoms with E-state index >= 15 is 0 Å². The van der Waals surface area contributed by atoms with E-state index in [4.69, 9.17) is 21.1 Å². The van der Waals surface area contributed by atoms with E-state index in [0.717, 1.165) is 11.3 Å². The van der Waals surface area contributed by atoms with Gasteiger partial charge in [-0.3, -0.25) is 4.79 Å². The summed E-state index contributed by atoms with van der Waals surface area (Å²) in [5.74, 6) is 0.781. The number of ether oxygens (including phenoxy) is 2. The number of nitrogens with zero attached hydrogens (tertiary/aromatic N) is 3. The van der Waals surface area contributed by atoms with Crippen molar-refractivity contribution in [3.8, 4) is 23.3 Å². The summed E-state index contributed by atoms with van der Waals surface area (Å²) in [4.78, 5) is 12.6. The lowest BCUT2D eigenvalue weighted by atomic mass is 10.1. The van der Waals surface area contributed by atoms with Gasteiger partial charge in [0, 0.05) is 12.1 Å². The molecular formula is C24H23ClN4O3. The molecule has 0 spiro atoms. The van der Waals surface area contributed by atoms with E-state index in [1.54, 1.807) is 25.8 Å². The van der Waals surface area contributed by atoms with Crippen molar-refractivity contribution in [1.82, 2.24) is 15.1 Å². The Balaban J connectivity index is 1.72. The highest BCUT2D eigenvalue weighted by Gasteiger charge is 2.16. The van der Waals surface area contributed by atoms with Gasteiger partial charge >= 0.3 is 0 Å². The summed E-state index contributed by atoms with van der Waals surface area (Å²) in [6.07, 6.45) is 2.03. The van der Waals surface area contributed by atoms with Crippen molar-refractivity contribution in [1.29, 1.82) is 5.26 Å². The summed E-state index contributed by atoms with van der Waals surface area (Å²) >= 11 is 6.50. The molecule has 0 unspecified atom stereocenters. The topological polar surface area (TPSA) is 89.2 Å². The number of methoxy groups -OCH3 is 2. The number of nitriles is 1. The minimum Gasteiger partial charge on any atom is -0.493 e. The average molecular weight is 451 g/mol. The second-order valence-electron chi connectivity index (χ2n) is 6.90. The molecule has 164 valence electrons. The van der Waals surface area contributed by atoms with Crippen LogP contribution in [-0.2, 0) is 11.2 Å². The number of carbonyl (C=O) groups excluding carboxylic acids is 1. The first-order valence-electron chi connectivity index (χ1n) is 9.90. The predicted molar refractivity (Wildman–Crippen MR) is 123 cm³/mol. The number of aryl methyl sites for hydroxylation is 1. The van der Waals surface area contributed by atoms with Crippen LogP contribution in [0.5, 0.6) is 11.5 Å². The summed E-state index contributed by atoms with van der Waals surface area (Å²) in [6, 6.07) is 16.9. The van der Waals surface area contributed by atoms with E-state index in [1.807, 2.05) is 54.6 Å².